The quantitative estimate of drug-likeness (QED) is 0.778. The number of nitrogens with zero attached hydrogens (tertiary/aromatic N) is 2. The van der Waals surface area contributed by atoms with E-state index in [1.54, 1.807) is 19.2 Å². The first-order chi connectivity index (χ1) is 13.1. The van der Waals surface area contributed by atoms with Crippen LogP contribution in [-0.2, 0) is 11.2 Å². The van der Waals surface area contributed by atoms with E-state index in [2.05, 4.69) is 18.0 Å². The Kier molecular flexibility index (Phi) is 6.45. The molecule has 5 heteroatoms. The van der Waals surface area contributed by atoms with E-state index in [-0.39, 0.29) is 17.8 Å². The maximum Gasteiger partial charge on any atom is 0.222 e. The highest BCUT2D eigenvalue weighted by Crippen LogP contribution is 2.27. The van der Waals surface area contributed by atoms with Crippen LogP contribution in [0.1, 0.15) is 30.0 Å². The summed E-state index contributed by atoms with van der Waals surface area (Å²) in [4.78, 5) is 16.9. The molecule has 4 nitrogen and oxygen atoms in total. The van der Waals surface area contributed by atoms with E-state index in [0.29, 0.717) is 31.4 Å². The molecule has 3 rings (SSSR count). The maximum atomic E-state index is 13.7. The molecule has 0 saturated carbocycles. The summed E-state index contributed by atoms with van der Waals surface area (Å²) in [5.74, 6) is 0.782. The SMILES string of the molecule is COc1cccc(C2CN(C(=O)CCCc3ccccc3F)CCN2C)c1. The van der Waals surface area contributed by atoms with Gasteiger partial charge in [0.2, 0.25) is 5.91 Å². The van der Waals surface area contributed by atoms with Crippen LogP contribution < -0.4 is 4.74 Å². The molecule has 1 saturated heterocycles. The molecule has 1 unspecified atom stereocenters. The first-order valence-corrected chi connectivity index (χ1v) is 9.44. The normalized spacial score (nSPS) is 17.7. The van der Waals surface area contributed by atoms with E-state index >= 15 is 0 Å². The second-order valence-electron chi connectivity index (χ2n) is 7.06. The van der Waals surface area contributed by atoms with Gasteiger partial charge < -0.3 is 9.64 Å². The van der Waals surface area contributed by atoms with Gasteiger partial charge in [-0.15, -0.1) is 0 Å². The van der Waals surface area contributed by atoms with E-state index < -0.39 is 0 Å². The molecule has 144 valence electrons. The van der Waals surface area contributed by atoms with E-state index in [1.807, 2.05) is 29.2 Å². The maximum absolute atomic E-state index is 13.7. The molecule has 0 radical (unpaired) electrons. The Bertz CT molecular complexity index is 780. The van der Waals surface area contributed by atoms with Gasteiger partial charge in [-0.2, -0.15) is 0 Å². The number of piperazine rings is 1. The van der Waals surface area contributed by atoms with Gasteiger partial charge in [0.15, 0.2) is 0 Å². The van der Waals surface area contributed by atoms with E-state index in [1.165, 1.54) is 6.07 Å². The van der Waals surface area contributed by atoms with Crippen molar-refractivity contribution in [3.8, 4) is 5.75 Å². The summed E-state index contributed by atoms with van der Waals surface area (Å²) in [6.45, 7) is 2.23. The van der Waals surface area contributed by atoms with E-state index in [9.17, 15) is 9.18 Å². The van der Waals surface area contributed by atoms with Crippen molar-refractivity contribution in [2.45, 2.75) is 25.3 Å². The van der Waals surface area contributed by atoms with Gasteiger partial charge in [0, 0.05) is 26.1 Å². The molecule has 1 amide bonds. The van der Waals surface area contributed by atoms with Crippen molar-refractivity contribution in [1.29, 1.82) is 0 Å². The van der Waals surface area contributed by atoms with E-state index in [0.717, 1.165) is 24.4 Å². The lowest BCUT2D eigenvalue weighted by Gasteiger charge is -2.40. The number of aryl methyl sites for hydroxylation is 1. The average Bonchev–Trinajstić information content (AvgIpc) is 2.69. The van der Waals surface area contributed by atoms with Crippen molar-refractivity contribution in [3.63, 3.8) is 0 Å². The third-order valence-electron chi connectivity index (χ3n) is 5.27. The Morgan fingerprint density at radius 3 is 2.78 bits per heavy atom. The first kappa shape index (κ1) is 19.4. The fraction of sp³-hybridized carbons (Fsp3) is 0.409. The molecule has 27 heavy (non-hydrogen) atoms. The van der Waals surface area contributed by atoms with Crippen molar-refractivity contribution in [2.24, 2.45) is 0 Å². The highest BCUT2D eigenvalue weighted by molar-refractivity contribution is 5.76. The minimum Gasteiger partial charge on any atom is -0.497 e. The third-order valence-corrected chi connectivity index (χ3v) is 5.27. The summed E-state index contributed by atoms with van der Waals surface area (Å²) in [7, 11) is 3.75. The minimum atomic E-state index is -0.192. The molecule has 2 aromatic rings. The number of benzene rings is 2. The Labute approximate surface area is 160 Å². The lowest BCUT2D eigenvalue weighted by Crippen LogP contribution is -2.49. The predicted molar refractivity (Wildman–Crippen MR) is 104 cm³/mol. The average molecular weight is 370 g/mol. The fourth-order valence-corrected chi connectivity index (χ4v) is 3.60. The fourth-order valence-electron chi connectivity index (χ4n) is 3.60. The molecule has 0 aromatic heterocycles. The topological polar surface area (TPSA) is 32.8 Å². The van der Waals surface area contributed by atoms with Gasteiger partial charge in [-0.25, -0.2) is 4.39 Å². The summed E-state index contributed by atoms with van der Waals surface area (Å²) in [6.07, 6.45) is 1.70. The first-order valence-electron chi connectivity index (χ1n) is 9.44. The number of carbonyl (C=O) groups excluding carboxylic acids is 1. The van der Waals surface area contributed by atoms with Crippen LogP contribution in [0.5, 0.6) is 5.75 Å². The molecule has 0 N–H and O–H groups in total. The number of hydrogen-bond acceptors (Lipinski definition) is 3. The smallest absolute Gasteiger partial charge is 0.222 e. The van der Waals surface area contributed by atoms with Crippen molar-refractivity contribution in [2.75, 3.05) is 33.8 Å². The zero-order chi connectivity index (χ0) is 19.2. The van der Waals surface area contributed by atoms with Crippen LogP contribution in [-0.4, -0.2) is 49.5 Å². The largest absolute Gasteiger partial charge is 0.497 e. The second kappa shape index (κ2) is 9.00. The number of methoxy groups -OCH3 is 1. The van der Waals surface area contributed by atoms with Crippen molar-refractivity contribution < 1.29 is 13.9 Å². The monoisotopic (exact) mass is 370 g/mol. The van der Waals surface area contributed by atoms with Gasteiger partial charge in [0.25, 0.3) is 0 Å². The molecule has 1 aliphatic heterocycles. The van der Waals surface area contributed by atoms with Gasteiger partial charge in [0.05, 0.1) is 13.2 Å². The molecular formula is C22H27FN2O2. The van der Waals surface area contributed by atoms with Crippen LogP contribution in [0.4, 0.5) is 4.39 Å². The highest BCUT2D eigenvalue weighted by atomic mass is 19.1. The predicted octanol–water partition coefficient (Wildman–Crippen LogP) is 3.67. The number of hydrogen-bond donors (Lipinski definition) is 0. The van der Waals surface area contributed by atoms with Gasteiger partial charge in [-0.3, -0.25) is 9.69 Å². The summed E-state index contributed by atoms with van der Waals surface area (Å²) in [6, 6.07) is 15.0. The lowest BCUT2D eigenvalue weighted by atomic mass is 10.0. The van der Waals surface area contributed by atoms with Gasteiger partial charge in [-0.05, 0) is 49.2 Å². The second-order valence-corrected chi connectivity index (χ2v) is 7.06. The lowest BCUT2D eigenvalue weighted by molar-refractivity contribution is -0.134. The zero-order valence-electron chi connectivity index (χ0n) is 16.0. The van der Waals surface area contributed by atoms with Crippen LogP contribution in [0.15, 0.2) is 48.5 Å². The number of carbonyl (C=O) groups is 1. The third kappa shape index (κ3) is 4.86. The van der Waals surface area contributed by atoms with Crippen LogP contribution in [0, 0.1) is 5.82 Å². The molecule has 0 aliphatic carbocycles. The molecule has 1 aliphatic rings. The number of amides is 1. The Morgan fingerprint density at radius 1 is 1.19 bits per heavy atom. The summed E-state index contributed by atoms with van der Waals surface area (Å²) in [5.41, 5.74) is 1.83. The standard InChI is InChI=1S/C22H27FN2O2/c1-24-13-14-25(16-21(24)18-9-5-10-19(15-18)27-2)22(26)12-6-8-17-7-3-4-11-20(17)23/h3-5,7,9-11,15,21H,6,8,12-14,16H2,1-2H3. The summed E-state index contributed by atoms with van der Waals surface area (Å²) < 4.78 is 19.0. The Morgan fingerprint density at radius 2 is 2.00 bits per heavy atom. The van der Waals surface area contributed by atoms with Crippen molar-refractivity contribution >= 4 is 5.91 Å². The van der Waals surface area contributed by atoms with Crippen molar-refractivity contribution in [3.05, 3.63) is 65.5 Å². The van der Waals surface area contributed by atoms with Crippen LogP contribution >= 0.6 is 0 Å². The highest BCUT2D eigenvalue weighted by Gasteiger charge is 2.28. The molecule has 1 heterocycles. The molecular weight excluding hydrogens is 343 g/mol. The van der Waals surface area contributed by atoms with Gasteiger partial charge in [0.1, 0.15) is 11.6 Å². The number of likely N-dealkylation sites (N-methyl/N-ethyl adjacent to an activating group) is 1. The number of rotatable bonds is 6. The molecule has 2 aromatic carbocycles. The summed E-state index contributed by atoms with van der Waals surface area (Å²) >= 11 is 0. The Hall–Kier alpha value is -2.40. The zero-order valence-corrected chi connectivity index (χ0v) is 16.0. The Balaban J connectivity index is 1.58. The number of ether oxygens (including phenoxy) is 1. The van der Waals surface area contributed by atoms with Crippen molar-refractivity contribution in [1.82, 2.24) is 9.80 Å². The molecule has 0 bridgehead atoms. The van der Waals surface area contributed by atoms with Crippen LogP contribution in [0.2, 0.25) is 0 Å². The minimum absolute atomic E-state index is 0.146. The van der Waals surface area contributed by atoms with Crippen LogP contribution in [0.3, 0.4) is 0 Å². The van der Waals surface area contributed by atoms with Crippen LogP contribution in [0.25, 0.3) is 0 Å². The van der Waals surface area contributed by atoms with Gasteiger partial charge >= 0.3 is 0 Å². The molecule has 0 spiro atoms. The van der Waals surface area contributed by atoms with Gasteiger partial charge in [-0.1, -0.05) is 30.3 Å². The summed E-state index contributed by atoms with van der Waals surface area (Å²) in [5, 5.41) is 0. The van der Waals surface area contributed by atoms with E-state index in [4.69, 9.17) is 4.74 Å². The molecule has 1 fully saturated rings. The molecule has 1 atom stereocenters. The number of halogens is 1.